The van der Waals surface area contributed by atoms with Crippen LogP contribution in [0.25, 0.3) is 0 Å². The van der Waals surface area contributed by atoms with Gasteiger partial charge in [-0.2, -0.15) is 13.2 Å². The fourth-order valence-corrected chi connectivity index (χ4v) is 2.58. The van der Waals surface area contributed by atoms with Crippen LogP contribution in [-0.4, -0.2) is 15.2 Å². The van der Waals surface area contributed by atoms with Crippen LogP contribution < -0.4 is 0 Å². The molecule has 0 aliphatic rings. The minimum absolute atomic E-state index is 0.176. The molecule has 1 aromatic rings. The Bertz CT molecular complexity index is 632. The van der Waals surface area contributed by atoms with E-state index in [0.717, 1.165) is 0 Å². The molecule has 1 aromatic heterocycles. The lowest BCUT2D eigenvalue weighted by molar-refractivity contribution is -0.141. The van der Waals surface area contributed by atoms with Crippen LogP contribution in [0.15, 0.2) is 0 Å². The largest absolute Gasteiger partial charge is 0.434 e. The third-order valence-electron chi connectivity index (χ3n) is 3.01. The van der Waals surface area contributed by atoms with E-state index in [-0.39, 0.29) is 12.8 Å². The molecule has 10 heteroatoms. The third-order valence-corrected chi connectivity index (χ3v) is 3.46. The van der Waals surface area contributed by atoms with Crippen molar-refractivity contribution in [3.8, 4) is 0 Å². The predicted molar refractivity (Wildman–Crippen MR) is 79.4 cm³/mol. The number of hydrogen-bond donors (Lipinski definition) is 2. The molecule has 0 unspecified atom stereocenters. The Morgan fingerprint density at radius 2 is 1.65 bits per heavy atom. The molecule has 1 heterocycles. The maximum Gasteiger partial charge on any atom is 0.434 e. The van der Waals surface area contributed by atoms with Gasteiger partial charge in [-0.15, -0.1) is 25.3 Å². The molecule has 128 valence electrons. The summed E-state index contributed by atoms with van der Waals surface area (Å²) in [4.78, 5) is 26.0. The first-order valence-electron chi connectivity index (χ1n) is 6.41. The van der Waals surface area contributed by atoms with Crippen LogP contribution in [0, 0.1) is 0 Å². The normalized spacial score (nSPS) is 11.9. The summed E-state index contributed by atoms with van der Waals surface area (Å²) in [7, 11) is 0. The molecule has 0 aromatic carbocycles. The molecule has 0 saturated heterocycles. The van der Waals surface area contributed by atoms with Crippen molar-refractivity contribution in [1.82, 2.24) is 4.98 Å². The van der Waals surface area contributed by atoms with E-state index in [2.05, 4.69) is 30.2 Å². The van der Waals surface area contributed by atoms with E-state index in [9.17, 15) is 31.5 Å². The van der Waals surface area contributed by atoms with Crippen molar-refractivity contribution < 1.29 is 31.5 Å². The average molecular weight is 373 g/mol. The van der Waals surface area contributed by atoms with Crippen molar-refractivity contribution in [2.24, 2.45) is 0 Å². The molecule has 0 N–H and O–H groups in total. The summed E-state index contributed by atoms with van der Waals surface area (Å²) in [6.45, 7) is 1.71. The summed E-state index contributed by atoms with van der Waals surface area (Å²) in [6, 6.07) is 0. The first kappa shape index (κ1) is 19.9. The molecule has 0 aliphatic carbocycles. The van der Waals surface area contributed by atoms with Crippen molar-refractivity contribution in [3.05, 3.63) is 28.1 Å². The Morgan fingerprint density at radius 1 is 1.13 bits per heavy atom. The average Bonchev–Trinajstić information content (AvgIpc) is 2.41. The van der Waals surface area contributed by atoms with Gasteiger partial charge in [0, 0.05) is 0 Å². The molecule has 0 aliphatic heterocycles. The van der Waals surface area contributed by atoms with Crippen LogP contribution >= 0.6 is 25.3 Å². The second-order valence-corrected chi connectivity index (χ2v) is 5.40. The third kappa shape index (κ3) is 4.43. The fourth-order valence-electron chi connectivity index (χ4n) is 2.09. The van der Waals surface area contributed by atoms with E-state index in [4.69, 9.17) is 0 Å². The summed E-state index contributed by atoms with van der Waals surface area (Å²) < 4.78 is 65.4. The highest BCUT2D eigenvalue weighted by molar-refractivity contribution is 7.97. The quantitative estimate of drug-likeness (QED) is 0.569. The number of unbranched alkanes of at least 4 members (excludes halogenated alkanes) is 1. The number of halogens is 5. The zero-order chi connectivity index (χ0) is 17.9. The van der Waals surface area contributed by atoms with Gasteiger partial charge >= 0.3 is 6.18 Å². The van der Waals surface area contributed by atoms with Gasteiger partial charge in [0.15, 0.2) is 5.69 Å². The van der Waals surface area contributed by atoms with Crippen molar-refractivity contribution in [3.63, 3.8) is 0 Å². The van der Waals surface area contributed by atoms with Gasteiger partial charge in [-0.05, 0) is 18.4 Å². The van der Waals surface area contributed by atoms with E-state index in [1.165, 1.54) is 0 Å². The highest BCUT2D eigenvalue weighted by Crippen LogP contribution is 2.38. The first-order chi connectivity index (χ1) is 10.5. The lowest BCUT2D eigenvalue weighted by Gasteiger charge is -2.19. The van der Waals surface area contributed by atoms with Crippen LogP contribution in [-0.2, 0) is 12.6 Å². The van der Waals surface area contributed by atoms with E-state index in [0.29, 0.717) is 6.42 Å². The molecule has 0 radical (unpaired) electrons. The van der Waals surface area contributed by atoms with Crippen molar-refractivity contribution >= 4 is 35.5 Å². The van der Waals surface area contributed by atoms with Crippen LogP contribution in [0.4, 0.5) is 22.0 Å². The fraction of sp³-hybridized carbons (Fsp3) is 0.462. The van der Waals surface area contributed by atoms with Crippen LogP contribution in [0.2, 0.25) is 0 Å². The van der Waals surface area contributed by atoms with Crippen molar-refractivity contribution in [1.29, 1.82) is 0 Å². The molecule has 0 saturated carbocycles. The SMILES string of the molecule is CCCCc1c(C(=O)S)c(C(F)F)nc(C(F)(F)F)c1C(=O)S. The second kappa shape index (κ2) is 7.61. The van der Waals surface area contributed by atoms with Crippen molar-refractivity contribution in [2.45, 2.75) is 38.8 Å². The number of pyridine rings is 1. The highest BCUT2D eigenvalue weighted by Gasteiger charge is 2.41. The number of alkyl halides is 5. The zero-order valence-corrected chi connectivity index (χ0v) is 13.5. The lowest BCUT2D eigenvalue weighted by atomic mass is 9.94. The number of nitrogens with zero attached hydrogens (tertiary/aromatic N) is 1. The van der Waals surface area contributed by atoms with Crippen LogP contribution in [0.3, 0.4) is 0 Å². The summed E-state index contributed by atoms with van der Waals surface area (Å²) in [5.74, 6) is 0. The summed E-state index contributed by atoms with van der Waals surface area (Å²) in [6.07, 6.45) is -7.95. The van der Waals surface area contributed by atoms with Gasteiger partial charge < -0.3 is 0 Å². The van der Waals surface area contributed by atoms with Gasteiger partial charge in [-0.3, -0.25) is 9.59 Å². The predicted octanol–water partition coefficient (Wildman–Crippen LogP) is 4.52. The van der Waals surface area contributed by atoms with E-state index < -0.39 is 50.9 Å². The maximum absolute atomic E-state index is 13.1. The molecular formula is C13H12F5NO2S2. The van der Waals surface area contributed by atoms with Gasteiger partial charge in [0.2, 0.25) is 10.2 Å². The molecule has 3 nitrogen and oxygen atoms in total. The number of hydrogen-bond acceptors (Lipinski definition) is 3. The molecule has 0 bridgehead atoms. The molecular weight excluding hydrogens is 361 g/mol. The van der Waals surface area contributed by atoms with E-state index >= 15 is 0 Å². The summed E-state index contributed by atoms with van der Waals surface area (Å²) >= 11 is 6.82. The maximum atomic E-state index is 13.1. The smallest absolute Gasteiger partial charge is 0.282 e. The summed E-state index contributed by atoms with van der Waals surface area (Å²) in [5.41, 5.74) is -5.28. The Hall–Kier alpha value is -1.16. The Kier molecular flexibility index (Phi) is 6.58. The Labute approximate surface area is 139 Å². The zero-order valence-electron chi connectivity index (χ0n) is 11.7. The van der Waals surface area contributed by atoms with Crippen LogP contribution in [0.5, 0.6) is 0 Å². The van der Waals surface area contributed by atoms with Crippen molar-refractivity contribution in [2.75, 3.05) is 0 Å². The van der Waals surface area contributed by atoms with Gasteiger partial charge in [0.1, 0.15) is 5.69 Å². The molecule has 23 heavy (non-hydrogen) atoms. The molecule has 0 amide bonds. The molecule has 0 spiro atoms. The number of aromatic nitrogens is 1. The number of thiol groups is 2. The lowest BCUT2D eigenvalue weighted by Crippen LogP contribution is -2.21. The number of rotatable bonds is 6. The summed E-state index contributed by atoms with van der Waals surface area (Å²) in [5, 5.41) is -2.48. The molecule has 1 rings (SSSR count). The standard InChI is InChI=1S/C13H12F5NO2S2/c1-2-3-4-5-6(11(20)22)8(10(14)15)19-9(13(16,17)18)7(5)12(21)23/h10H,2-4H2,1H3,(H,20,22)(H,21,23). The number of carbonyl (C=O) groups is 2. The molecule has 0 atom stereocenters. The minimum Gasteiger partial charge on any atom is -0.282 e. The van der Waals surface area contributed by atoms with E-state index in [1.54, 1.807) is 6.92 Å². The Balaban J connectivity index is 3.92. The molecule has 0 fully saturated rings. The highest BCUT2D eigenvalue weighted by atomic mass is 32.1. The van der Waals surface area contributed by atoms with Crippen LogP contribution in [0.1, 0.15) is 63.9 Å². The van der Waals surface area contributed by atoms with Gasteiger partial charge in [-0.1, -0.05) is 13.3 Å². The second-order valence-electron chi connectivity index (χ2n) is 4.59. The van der Waals surface area contributed by atoms with E-state index in [1.807, 2.05) is 0 Å². The van der Waals surface area contributed by atoms with Gasteiger partial charge in [-0.25, -0.2) is 13.8 Å². The topological polar surface area (TPSA) is 47.0 Å². The monoisotopic (exact) mass is 373 g/mol. The van der Waals surface area contributed by atoms with Gasteiger partial charge in [0.25, 0.3) is 6.43 Å². The minimum atomic E-state index is -5.14. The first-order valence-corrected chi connectivity index (χ1v) is 7.30. The Morgan fingerprint density at radius 3 is 2.00 bits per heavy atom. The van der Waals surface area contributed by atoms with Gasteiger partial charge in [0.05, 0.1) is 11.1 Å². The number of carbonyl (C=O) groups excluding carboxylic acids is 2.